The van der Waals surface area contributed by atoms with E-state index in [-0.39, 0.29) is 23.8 Å². The van der Waals surface area contributed by atoms with E-state index in [9.17, 15) is 9.18 Å². The van der Waals surface area contributed by atoms with E-state index in [1.807, 2.05) is 4.90 Å². The van der Waals surface area contributed by atoms with E-state index in [4.69, 9.17) is 4.74 Å². The van der Waals surface area contributed by atoms with E-state index in [2.05, 4.69) is 5.32 Å². The standard InChI is InChI=1S/C16H21FN2O2/c17-13-5-3-12(4-6-13)15-2-1-8-19(15)16(20)10-14-11-21-9-7-18-14/h3-6,14-15,18H,1-2,7-11H2. The van der Waals surface area contributed by atoms with E-state index < -0.39 is 0 Å². The van der Waals surface area contributed by atoms with Gasteiger partial charge in [-0.2, -0.15) is 0 Å². The van der Waals surface area contributed by atoms with Crippen LogP contribution in [0, 0.1) is 5.82 Å². The Morgan fingerprint density at radius 3 is 2.90 bits per heavy atom. The zero-order chi connectivity index (χ0) is 14.7. The van der Waals surface area contributed by atoms with Crippen LogP contribution in [-0.2, 0) is 9.53 Å². The van der Waals surface area contributed by atoms with Gasteiger partial charge >= 0.3 is 0 Å². The molecule has 0 saturated carbocycles. The number of morpholine rings is 1. The summed E-state index contributed by atoms with van der Waals surface area (Å²) in [7, 11) is 0. The molecule has 2 aliphatic rings. The fraction of sp³-hybridized carbons (Fsp3) is 0.562. The summed E-state index contributed by atoms with van der Waals surface area (Å²) in [6, 6.07) is 6.70. The van der Waals surface area contributed by atoms with Crippen molar-refractivity contribution in [3.63, 3.8) is 0 Å². The lowest BCUT2D eigenvalue weighted by Gasteiger charge is -2.29. The normalized spacial score (nSPS) is 26.0. The van der Waals surface area contributed by atoms with Crippen molar-refractivity contribution in [3.05, 3.63) is 35.6 Å². The third-order valence-corrected chi connectivity index (χ3v) is 4.25. The summed E-state index contributed by atoms with van der Waals surface area (Å²) in [5.41, 5.74) is 1.02. The minimum atomic E-state index is -0.238. The van der Waals surface area contributed by atoms with Gasteiger partial charge in [0.2, 0.25) is 5.91 Å². The van der Waals surface area contributed by atoms with Crippen LogP contribution in [-0.4, -0.2) is 43.2 Å². The van der Waals surface area contributed by atoms with Crippen LogP contribution in [0.5, 0.6) is 0 Å². The first-order chi connectivity index (χ1) is 10.2. The zero-order valence-corrected chi connectivity index (χ0v) is 12.1. The van der Waals surface area contributed by atoms with Crippen molar-refractivity contribution in [1.82, 2.24) is 10.2 Å². The number of likely N-dealkylation sites (tertiary alicyclic amines) is 1. The Labute approximate surface area is 124 Å². The molecular weight excluding hydrogens is 271 g/mol. The molecule has 21 heavy (non-hydrogen) atoms. The smallest absolute Gasteiger partial charge is 0.224 e. The molecule has 4 nitrogen and oxygen atoms in total. The molecule has 0 radical (unpaired) electrons. The van der Waals surface area contributed by atoms with Gasteiger partial charge in [0, 0.05) is 25.6 Å². The maximum absolute atomic E-state index is 13.0. The number of hydrogen-bond acceptors (Lipinski definition) is 3. The summed E-state index contributed by atoms with van der Waals surface area (Å²) in [6.07, 6.45) is 2.42. The Morgan fingerprint density at radius 1 is 1.38 bits per heavy atom. The van der Waals surface area contributed by atoms with Gasteiger partial charge in [-0.25, -0.2) is 4.39 Å². The highest BCUT2D eigenvalue weighted by Crippen LogP contribution is 2.32. The number of nitrogens with zero attached hydrogens (tertiary/aromatic N) is 1. The van der Waals surface area contributed by atoms with Gasteiger partial charge in [0.25, 0.3) is 0 Å². The lowest BCUT2D eigenvalue weighted by molar-refractivity contribution is -0.133. The highest BCUT2D eigenvalue weighted by atomic mass is 19.1. The maximum Gasteiger partial charge on any atom is 0.224 e. The van der Waals surface area contributed by atoms with Gasteiger partial charge in [-0.3, -0.25) is 4.79 Å². The summed E-state index contributed by atoms with van der Waals surface area (Å²) < 4.78 is 18.4. The Balaban J connectivity index is 1.65. The molecule has 1 aromatic rings. The number of ether oxygens (including phenoxy) is 1. The predicted molar refractivity (Wildman–Crippen MR) is 77.3 cm³/mol. The molecule has 1 aromatic carbocycles. The van der Waals surface area contributed by atoms with Crippen molar-refractivity contribution in [2.45, 2.75) is 31.3 Å². The van der Waals surface area contributed by atoms with Crippen LogP contribution < -0.4 is 5.32 Å². The van der Waals surface area contributed by atoms with Crippen LogP contribution in [0.2, 0.25) is 0 Å². The van der Waals surface area contributed by atoms with Crippen molar-refractivity contribution in [1.29, 1.82) is 0 Å². The highest BCUT2D eigenvalue weighted by molar-refractivity contribution is 5.77. The summed E-state index contributed by atoms with van der Waals surface area (Å²) in [6.45, 7) is 2.90. The molecule has 2 unspecified atom stereocenters. The van der Waals surface area contributed by atoms with Gasteiger partial charge in [-0.1, -0.05) is 12.1 Å². The minimum absolute atomic E-state index is 0.0857. The molecule has 1 N–H and O–H groups in total. The number of carbonyl (C=O) groups is 1. The highest BCUT2D eigenvalue weighted by Gasteiger charge is 2.31. The van der Waals surface area contributed by atoms with E-state index >= 15 is 0 Å². The molecule has 2 atom stereocenters. The first-order valence-corrected chi connectivity index (χ1v) is 7.60. The Morgan fingerprint density at radius 2 is 2.19 bits per heavy atom. The minimum Gasteiger partial charge on any atom is -0.378 e. The summed E-state index contributed by atoms with van der Waals surface area (Å²) in [5, 5.41) is 3.31. The average molecular weight is 292 g/mol. The first kappa shape index (κ1) is 14.5. The largest absolute Gasteiger partial charge is 0.378 e. The van der Waals surface area contributed by atoms with Crippen molar-refractivity contribution in [3.8, 4) is 0 Å². The second kappa shape index (κ2) is 6.54. The molecule has 0 aromatic heterocycles. The van der Waals surface area contributed by atoms with Gasteiger partial charge in [-0.15, -0.1) is 0 Å². The fourth-order valence-corrected chi connectivity index (χ4v) is 3.18. The number of nitrogens with one attached hydrogen (secondary N) is 1. The number of hydrogen-bond donors (Lipinski definition) is 1. The quantitative estimate of drug-likeness (QED) is 0.924. The fourth-order valence-electron chi connectivity index (χ4n) is 3.18. The van der Waals surface area contributed by atoms with E-state index in [0.29, 0.717) is 19.6 Å². The molecule has 2 fully saturated rings. The Hall–Kier alpha value is -1.46. The zero-order valence-electron chi connectivity index (χ0n) is 12.1. The van der Waals surface area contributed by atoms with E-state index in [0.717, 1.165) is 31.5 Å². The lowest BCUT2D eigenvalue weighted by Crippen LogP contribution is -2.45. The summed E-state index contributed by atoms with van der Waals surface area (Å²) in [5.74, 6) is -0.0806. The molecule has 5 heteroatoms. The molecule has 0 bridgehead atoms. The number of amides is 1. The monoisotopic (exact) mass is 292 g/mol. The lowest BCUT2D eigenvalue weighted by atomic mass is 10.0. The Bertz CT molecular complexity index is 486. The molecule has 2 heterocycles. The number of benzene rings is 1. The van der Waals surface area contributed by atoms with E-state index in [1.165, 1.54) is 12.1 Å². The van der Waals surface area contributed by atoms with Crippen LogP contribution >= 0.6 is 0 Å². The molecule has 2 aliphatic heterocycles. The van der Waals surface area contributed by atoms with Crippen LogP contribution in [0.15, 0.2) is 24.3 Å². The van der Waals surface area contributed by atoms with Crippen LogP contribution in [0.3, 0.4) is 0 Å². The maximum atomic E-state index is 13.0. The predicted octanol–water partition coefficient (Wildman–Crippen LogP) is 1.87. The van der Waals surface area contributed by atoms with Crippen molar-refractivity contribution in [2.24, 2.45) is 0 Å². The molecule has 0 aliphatic carbocycles. The molecule has 2 saturated heterocycles. The Kier molecular flexibility index (Phi) is 4.51. The average Bonchev–Trinajstić information content (AvgIpc) is 2.98. The topological polar surface area (TPSA) is 41.6 Å². The summed E-state index contributed by atoms with van der Waals surface area (Å²) in [4.78, 5) is 14.5. The molecule has 0 spiro atoms. The molecular formula is C16H21FN2O2. The number of rotatable bonds is 3. The van der Waals surface area contributed by atoms with Gasteiger partial charge < -0.3 is 15.0 Å². The van der Waals surface area contributed by atoms with Gasteiger partial charge in [0.15, 0.2) is 0 Å². The van der Waals surface area contributed by atoms with Crippen molar-refractivity contribution >= 4 is 5.91 Å². The second-order valence-electron chi connectivity index (χ2n) is 5.73. The van der Waals surface area contributed by atoms with Crippen LogP contribution in [0.1, 0.15) is 30.9 Å². The molecule has 114 valence electrons. The second-order valence-corrected chi connectivity index (χ2v) is 5.73. The first-order valence-electron chi connectivity index (χ1n) is 7.60. The SMILES string of the molecule is O=C(CC1COCCN1)N1CCCC1c1ccc(F)cc1. The van der Waals surface area contributed by atoms with Crippen LogP contribution in [0.25, 0.3) is 0 Å². The van der Waals surface area contributed by atoms with Crippen LogP contribution in [0.4, 0.5) is 4.39 Å². The summed E-state index contributed by atoms with van der Waals surface area (Å²) >= 11 is 0. The van der Waals surface area contributed by atoms with Gasteiger partial charge in [0.1, 0.15) is 5.82 Å². The van der Waals surface area contributed by atoms with Gasteiger partial charge in [0.05, 0.1) is 19.3 Å². The molecule has 3 rings (SSSR count). The third kappa shape index (κ3) is 3.41. The van der Waals surface area contributed by atoms with E-state index in [1.54, 1.807) is 12.1 Å². The third-order valence-electron chi connectivity index (χ3n) is 4.25. The number of halogens is 1. The van der Waals surface area contributed by atoms with Crippen molar-refractivity contribution in [2.75, 3.05) is 26.3 Å². The number of carbonyl (C=O) groups excluding carboxylic acids is 1. The van der Waals surface area contributed by atoms with Crippen molar-refractivity contribution < 1.29 is 13.9 Å². The van der Waals surface area contributed by atoms with Gasteiger partial charge in [-0.05, 0) is 30.5 Å². The molecule has 1 amide bonds.